The number of aromatic nitrogens is 4. The van der Waals surface area contributed by atoms with E-state index in [1.54, 1.807) is 23.1 Å². The van der Waals surface area contributed by atoms with Gasteiger partial charge in [0.15, 0.2) is 5.13 Å². The number of amides is 1. The Bertz CT molecular complexity index is 1090. The van der Waals surface area contributed by atoms with Gasteiger partial charge in [-0.25, -0.2) is 14.6 Å². The SMILES string of the molecule is CCCOc1ccc(-c2csc(NC(=O)c3ccc(Cn4cncn4)cc3)n2)cc1. The molecule has 1 N–H and O–H groups in total. The molecule has 0 aliphatic heterocycles. The molecule has 0 saturated carbocycles. The van der Waals surface area contributed by atoms with Gasteiger partial charge in [-0.3, -0.25) is 10.1 Å². The Morgan fingerprint density at radius 1 is 1.13 bits per heavy atom. The van der Waals surface area contributed by atoms with E-state index in [9.17, 15) is 4.79 Å². The van der Waals surface area contributed by atoms with Gasteiger partial charge in [-0.05, 0) is 48.4 Å². The van der Waals surface area contributed by atoms with Crippen LogP contribution in [0.4, 0.5) is 5.13 Å². The van der Waals surface area contributed by atoms with Gasteiger partial charge in [0, 0.05) is 16.5 Å². The van der Waals surface area contributed by atoms with Crippen LogP contribution < -0.4 is 10.1 Å². The molecule has 0 aliphatic carbocycles. The second kappa shape index (κ2) is 9.32. The van der Waals surface area contributed by atoms with Crippen molar-refractivity contribution in [2.45, 2.75) is 19.9 Å². The fraction of sp³-hybridized carbons (Fsp3) is 0.182. The molecule has 0 fully saturated rings. The summed E-state index contributed by atoms with van der Waals surface area (Å²) in [6, 6.07) is 15.2. The molecule has 7 nitrogen and oxygen atoms in total. The Balaban J connectivity index is 1.37. The highest BCUT2D eigenvalue weighted by Crippen LogP contribution is 2.27. The Hall–Kier alpha value is -3.52. The number of hydrogen-bond donors (Lipinski definition) is 1. The molecular weight excluding hydrogens is 398 g/mol. The van der Waals surface area contributed by atoms with Gasteiger partial charge in [0.05, 0.1) is 18.8 Å². The summed E-state index contributed by atoms with van der Waals surface area (Å²) in [5, 5.41) is 9.44. The molecule has 2 heterocycles. The minimum atomic E-state index is -0.188. The summed E-state index contributed by atoms with van der Waals surface area (Å²) >= 11 is 1.40. The highest BCUT2D eigenvalue weighted by Gasteiger charge is 2.10. The van der Waals surface area contributed by atoms with Gasteiger partial charge in [0.1, 0.15) is 18.4 Å². The van der Waals surface area contributed by atoms with E-state index < -0.39 is 0 Å². The molecule has 0 saturated heterocycles. The first kappa shape index (κ1) is 19.8. The van der Waals surface area contributed by atoms with Gasteiger partial charge >= 0.3 is 0 Å². The van der Waals surface area contributed by atoms with Crippen molar-refractivity contribution in [3.8, 4) is 17.0 Å². The summed E-state index contributed by atoms with van der Waals surface area (Å²) in [7, 11) is 0. The molecule has 0 bridgehead atoms. The average molecular weight is 420 g/mol. The smallest absolute Gasteiger partial charge is 0.257 e. The van der Waals surface area contributed by atoms with Crippen LogP contribution in [0.25, 0.3) is 11.3 Å². The number of nitrogens with zero attached hydrogens (tertiary/aromatic N) is 4. The van der Waals surface area contributed by atoms with Gasteiger partial charge in [0.25, 0.3) is 5.91 Å². The lowest BCUT2D eigenvalue weighted by Crippen LogP contribution is -2.11. The third-order valence-electron chi connectivity index (χ3n) is 4.37. The third kappa shape index (κ3) is 4.90. The van der Waals surface area contributed by atoms with Crippen LogP contribution in [0.5, 0.6) is 5.75 Å². The molecule has 2 aromatic carbocycles. The number of carbonyl (C=O) groups is 1. The first-order valence-electron chi connectivity index (χ1n) is 9.63. The largest absolute Gasteiger partial charge is 0.494 e. The van der Waals surface area contributed by atoms with E-state index in [4.69, 9.17) is 4.74 Å². The molecule has 4 rings (SSSR count). The Morgan fingerprint density at radius 2 is 1.93 bits per heavy atom. The zero-order valence-electron chi connectivity index (χ0n) is 16.5. The highest BCUT2D eigenvalue weighted by molar-refractivity contribution is 7.14. The molecule has 0 unspecified atom stereocenters. The fourth-order valence-corrected chi connectivity index (χ4v) is 3.55. The number of benzene rings is 2. The second-order valence-electron chi connectivity index (χ2n) is 6.65. The lowest BCUT2D eigenvalue weighted by molar-refractivity contribution is 0.102. The van der Waals surface area contributed by atoms with Gasteiger partial charge in [-0.1, -0.05) is 19.1 Å². The lowest BCUT2D eigenvalue weighted by atomic mass is 10.1. The standard InChI is InChI=1S/C22H21N5O2S/c1-2-11-29-19-9-7-17(8-10-19)20-13-30-22(25-20)26-21(28)18-5-3-16(4-6-18)12-27-15-23-14-24-27/h3-10,13-15H,2,11-12H2,1H3,(H,25,26,28). The number of nitrogens with one attached hydrogen (secondary N) is 1. The quantitative estimate of drug-likeness (QED) is 0.455. The molecule has 152 valence electrons. The molecule has 2 aromatic heterocycles. The van der Waals surface area contributed by atoms with E-state index in [1.165, 1.54) is 17.7 Å². The normalized spacial score (nSPS) is 10.7. The van der Waals surface area contributed by atoms with Crippen molar-refractivity contribution in [1.82, 2.24) is 19.7 Å². The molecular formula is C22H21N5O2S. The van der Waals surface area contributed by atoms with E-state index in [1.807, 2.05) is 41.8 Å². The number of anilines is 1. The number of hydrogen-bond acceptors (Lipinski definition) is 6. The van der Waals surface area contributed by atoms with Gasteiger partial charge in [-0.2, -0.15) is 5.10 Å². The molecule has 8 heteroatoms. The van der Waals surface area contributed by atoms with Crippen molar-refractivity contribution in [1.29, 1.82) is 0 Å². The summed E-state index contributed by atoms with van der Waals surface area (Å²) in [5.74, 6) is 0.656. The zero-order valence-corrected chi connectivity index (χ0v) is 17.3. The topological polar surface area (TPSA) is 81.9 Å². The molecule has 30 heavy (non-hydrogen) atoms. The van der Waals surface area contributed by atoms with Gasteiger partial charge in [-0.15, -0.1) is 11.3 Å². The van der Waals surface area contributed by atoms with Crippen LogP contribution in [-0.2, 0) is 6.54 Å². The second-order valence-corrected chi connectivity index (χ2v) is 7.51. The highest BCUT2D eigenvalue weighted by atomic mass is 32.1. The summed E-state index contributed by atoms with van der Waals surface area (Å²) in [5.41, 5.74) is 3.42. The third-order valence-corrected chi connectivity index (χ3v) is 5.13. The summed E-state index contributed by atoms with van der Waals surface area (Å²) in [6.45, 7) is 3.39. The molecule has 0 aliphatic rings. The minimum Gasteiger partial charge on any atom is -0.494 e. The molecule has 1 amide bonds. The van der Waals surface area contributed by atoms with Crippen LogP contribution >= 0.6 is 11.3 Å². The van der Waals surface area contributed by atoms with Crippen molar-refractivity contribution in [2.75, 3.05) is 11.9 Å². The molecule has 0 radical (unpaired) electrons. The maximum absolute atomic E-state index is 12.5. The molecule has 0 spiro atoms. The predicted molar refractivity (Wildman–Crippen MR) is 117 cm³/mol. The van der Waals surface area contributed by atoms with Crippen LogP contribution in [0.15, 0.2) is 66.6 Å². The van der Waals surface area contributed by atoms with Crippen LogP contribution in [0.2, 0.25) is 0 Å². The maximum atomic E-state index is 12.5. The molecule has 0 atom stereocenters. The first-order chi connectivity index (χ1) is 14.7. The maximum Gasteiger partial charge on any atom is 0.257 e. The summed E-state index contributed by atoms with van der Waals surface area (Å²) < 4.78 is 7.34. The van der Waals surface area contributed by atoms with E-state index in [-0.39, 0.29) is 5.91 Å². The van der Waals surface area contributed by atoms with Crippen molar-refractivity contribution < 1.29 is 9.53 Å². The lowest BCUT2D eigenvalue weighted by Gasteiger charge is -2.05. The number of rotatable bonds is 8. The Labute approximate surface area is 178 Å². The first-order valence-corrected chi connectivity index (χ1v) is 10.5. The zero-order chi connectivity index (χ0) is 20.8. The van der Waals surface area contributed by atoms with Crippen molar-refractivity contribution >= 4 is 22.4 Å². The summed E-state index contributed by atoms with van der Waals surface area (Å²) in [6.07, 6.45) is 4.13. The van der Waals surface area contributed by atoms with Gasteiger partial charge in [0.2, 0.25) is 0 Å². The van der Waals surface area contributed by atoms with E-state index in [0.29, 0.717) is 23.8 Å². The number of carbonyl (C=O) groups excluding carboxylic acids is 1. The Morgan fingerprint density at radius 3 is 2.63 bits per heavy atom. The van der Waals surface area contributed by atoms with Crippen molar-refractivity contribution in [2.24, 2.45) is 0 Å². The van der Waals surface area contributed by atoms with E-state index in [2.05, 4.69) is 27.3 Å². The number of ether oxygens (including phenoxy) is 1. The number of thiazole rings is 1. The van der Waals surface area contributed by atoms with Crippen molar-refractivity contribution in [3.63, 3.8) is 0 Å². The van der Waals surface area contributed by atoms with Gasteiger partial charge < -0.3 is 4.74 Å². The van der Waals surface area contributed by atoms with Crippen molar-refractivity contribution in [3.05, 3.63) is 77.7 Å². The molecule has 4 aromatic rings. The van der Waals surface area contributed by atoms with Crippen LogP contribution in [0.3, 0.4) is 0 Å². The van der Waals surface area contributed by atoms with Crippen LogP contribution in [-0.4, -0.2) is 32.3 Å². The fourth-order valence-electron chi connectivity index (χ4n) is 2.84. The Kier molecular flexibility index (Phi) is 6.14. The monoisotopic (exact) mass is 419 g/mol. The van der Waals surface area contributed by atoms with E-state index >= 15 is 0 Å². The van der Waals surface area contributed by atoms with Crippen LogP contribution in [0, 0.1) is 0 Å². The average Bonchev–Trinajstić information content (AvgIpc) is 3.45. The van der Waals surface area contributed by atoms with Crippen LogP contribution in [0.1, 0.15) is 29.3 Å². The summed E-state index contributed by atoms with van der Waals surface area (Å²) in [4.78, 5) is 21.0. The minimum absolute atomic E-state index is 0.188. The predicted octanol–water partition coefficient (Wildman–Crippen LogP) is 4.49. The van der Waals surface area contributed by atoms with E-state index in [0.717, 1.165) is 29.0 Å².